The Morgan fingerprint density at radius 3 is 2.74 bits per heavy atom. The molecule has 0 aromatic heterocycles. The van der Waals surface area contributed by atoms with Crippen LogP contribution in [0.3, 0.4) is 0 Å². The molecular formula is C18H27N3O2. The van der Waals surface area contributed by atoms with E-state index in [2.05, 4.69) is 27.7 Å². The van der Waals surface area contributed by atoms with Crippen molar-refractivity contribution < 1.29 is 9.53 Å². The molecule has 2 aliphatic rings. The number of morpholine rings is 1. The van der Waals surface area contributed by atoms with Crippen LogP contribution in [0.25, 0.3) is 0 Å². The fourth-order valence-corrected chi connectivity index (χ4v) is 3.23. The third-order valence-electron chi connectivity index (χ3n) is 4.58. The van der Waals surface area contributed by atoms with E-state index in [1.54, 1.807) is 0 Å². The van der Waals surface area contributed by atoms with Crippen LogP contribution < -0.4 is 10.6 Å². The van der Waals surface area contributed by atoms with Crippen LogP contribution in [0.5, 0.6) is 0 Å². The number of nitrogens with one attached hydrogen (secondary N) is 2. The number of carbonyl (C=O) groups is 1. The van der Waals surface area contributed by atoms with Crippen molar-refractivity contribution in [3.05, 3.63) is 29.8 Å². The van der Waals surface area contributed by atoms with E-state index in [9.17, 15) is 4.79 Å². The van der Waals surface area contributed by atoms with Gasteiger partial charge in [-0.3, -0.25) is 4.79 Å². The number of rotatable bonds is 6. The molecule has 23 heavy (non-hydrogen) atoms. The summed E-state index contributed by atoms with van der Waals surface area (Å²) in [5, 5.41) is 6.27. The first-order valence-corrected chi connectivity index (χ1v) is 8.72. The first kappa shape index (κ1) is 16.4. The van der Waals surface area contributed by atoms with Crippen LogP contribution in [-0.4, -0.2) is 56.2 Å². The number of hydrogen-bond acceptors (Lipinski definition) is 4. The molecule has 5 nitrogen and oxygen atoms in total. The molecule has 1 aromatic rings. The van der Waals surface area contributed by atoms with Crippen LogP contribution in [0.1, 0.15) is 24.8 Å². The van der Waals surface area contributed by atoms with E-state index in [0.717, 1.165) is 31.8 Å². The molecular weight excluding hydrogens is 290 g/mol. The molecule has 1 atom stereocenters. The zero-order valence-corrected chi connectivity index (χ0v) is 13.7. The Morgan fingerprint density at radius 1 is 1.26 bits per heavy atom. The summed E-state index contributed by atoms with van der Waals surface area (Å²) in [6.45, 7) is 5.79. The van der Waals surface area contributed by atoms with Gasteiger partial charge in [0.1, 0.15) is 0 Å². The molecule has 2 heterocycles. The molecule has 0 spiro atoms. The fourth-order valence-electron chi connectivity index (χ4n) is 3.23. The lowest BCUT2D eigenvalue weighted by Gasteiger charge is -2.23. The van der Waals surface area contributed by atoms with Gasteiger partial charge in [-0.2, -0.15) is 0 Å². The SMILES string of the molecule is O=C(CC1COCCN1)Nc1ccc(CCN2CCCC2)cc1. The summed E-state index contributed by atoms with van der Waals surface area (Å²) in [5.41, 5.74) is 2.20. The van der Waals surface area contributed by atoms with E-state index in [1.807, 2.05) is 12.1 Å². The maximum absolute atomic E-state index is 12.1. The lowest BCUT2D eigenvalue weighted by Crippen LogP contribution is -2.43. The Kier molecular flexibility index (Phi) is 6.02. The molecule has 3 rings (SSSR count). The number of benzene rings is 1. The van der Waals surface area contributed by atoms with Gasteiger partial charge in [-0.25, -0.2) is 0 Å². The Labute approximate surface area is 138 Å². The van der Waals surface area contributed by atoms with E-state index < -0.39 is 0 Å². The number of hydrogen-bond donors (Lipinski definition) is 2. The minimum absolute atomic E-state index is 0.0396. The van der Waals surface area contributed by atoms with Gasteiger partial charge in [0, 0.05) is 31.2 Å². The second-order valence-electron chi connectivity index (χ2n) is 6.47. The summed E-state index contributed by atoms with van der Waals surface area (Å²) in [7, 11) is 0. The normalized spacial score (nSPS) is 22.2. The molecule has 0 aliphatic carbocycles. The smallest absolute Gasteiger partial charge is 0.226 e. The third kappa shape index (κ3) is 5.30. The Bertz CT molecular complexity index is 491. The highest BCUT2D eigenvalue weighted by molar-refractivity contribution is 5.91. The number of nitrogens with zero attached hydrogens (tertiary/aromatic N) is 1. The van der Waals surface area contributed by atoms with Crippen molar-refractivity contribution in [3.8, 4) is 0 Å². The molecule has 0 radical (unpaired) electrons. The molecule has 1 unspecified atom stereocenters. The topological polar surface area (TPSA) is 53.6 Å². The molecule has 126 valence electrons. The second-order valence-corrected chi connectivity index (χ2v) is 6.47. The van der Waals surface area contributed by atoms with Gasteiger partial charge in [0.15, 0.2) is 0 Å². The van der Waals surface area contributed by atoms with E-state index in [0.29, 0.717) is 13.0 Å². The predicted molar refractivity (Wildman–Crippen MR) is 91.7 cm³/mol. The lowest BCUT2D eigenvalue weighted by atomic mass is 10.1. The molecule has 2 saturated heterocycles. The fraction of sp³-hybridized carbons (Fsp3) is 0.611. The van der Waals surface area contributed by atoms with Crippen LogP contribution in [0.2, 0.25) is 0 Å². The van der Waals surface area contributed by atoms with Crippen LogP contribution >= 0.6 is 0 Å². The zero-order chi connectivity index (χ0) is 15.9. The molecule has 0 bridgehead atoms. The van der Waals surface area contributed by atoms with Crippen molar-refractivity contribution in [2.75, 3.05) is 44.7 Å². The lowest BCUT2D eigenvalue weighted by molar-refractivity contribution is -0.117. The number of amides is 1. The minimum atomic E-state index is 0.0396. The van der Waals surface area contributed by atoms with E-state index in [-0.39, 0.29) is 11.9 Å². The van der Waals surface area contributed by atoms with E-state index in [4.69, 9.17) is 4.74 Å². The van der Waals surface area contributed by atoms with Gasteiger partial charge in [-0.05, 0) is 50.0 Å². The zero-order valence-electron chi connectivity index (χ0n) is 13.7. The van der Waals surface area contributed by atoms with Crippen LogP contribution in [0.4, 0.5) is 5.69 Å². The van der Waals surface area contributed by atoms with Crippen molar-refractivity contribution in [1.29, 1.82) is 0 Å². The number of likely N-dealkylation sites (tertiary alicyclic amines) is 1. The minimum Gasteiger partial charge on any atom is -0.378 e. The van der Waals surface area contributed by atoms with Gasteiger partial charge in [-0.15, -0.1) is 0 Å². The van der Waals surface area contributed by atoms with Crippen molar-refractivity contribution in [1.82, 2.24) is 10.2 Å². The number of carbonyl (C=O) groups excluding carboxylic acids is 1. The Morgan fingerprint density at radius 2 is 2.04 bits per heavy atom. The van der Waals surface area contributed by atoms with Crippen molar-refractivity contribution in [2.45, 2.75) is 31.7 Å². The molecule has 5 heteroatoms. The quantitative estimate of drug-likeness (QED) is 0.837. The van der Waals surface area contributed by atoms with Gasteiger partial charge in [0.25, 0.3) is 0 Å². The average molecular weight is 317 g/mol. The standard InChI is InChI=1S/C18H27N3O2/c22-18(13-17-14-23-12-8-19-17)20-16-5-3-15(4-6-16)7-11-21-9-1-2-10-21/h3-6,17,19H,1-2,7-14H2,(H,20,22). The monoisotopic (exact) mass is 317 g/mol. The van der Waals surface area contributed by atoms with Crippen LogP contribution in [0, 0.1) is 0 Å². The second kappa shape index (κ2) is 8.43. The van der Waals surface area contributed by atoms with Crippen molar-refractivity contribution in [3.63, 3.8) is 0 Å². The van der Waals surface area contributed by atoms with Crippen molar-refractivity contribution in [2.24, 2.45) is 0 Å². The average Bonchev–Trinajstić information content (AvgIpc) is 3.08. The maximum Gasteiger partial charge on any atom is 0.226 e. The van der Waals surface area contributed by atoms with E-state index in [1.165, 1.54) is 31.5 Å². The van der Waals surface area contributed by atoms with Gasteiger partial charge < -0.3 is 20.3 Å². The molecule has 1 aromatic carbocycles. The van der Waals surface area contributed by atoms with Crippen LogP contribution in [0.15, 0.2) is 24.3 Å². The summed E-state index contributed by atoms with van der Waals surface area (Å²) < 4.78 is 5.37. The van der Waals surface area contributed by atoms with Gasteiger partial charge in [0.2, 0.25) is 5.91 Å². The van der Waals surface area contributed by atoms with E-state index >= 15 is 0 Å². The van der Waals surface area contributed by atoms with Crippen molar-refractivity contribution >= 4 is 11.6 Å². The Hall–Kier alpha value is -1.43. The molecule has 0 saturated carbocycles. The number of ether oxygens (including phenoxy) is 1. The maximum atomic E-state index is 12.1. The summed E-state index contributed by atoms with van der Waals surface area (Å²) in [5.74, 6) is 0.0396. The van der Waals surface area contributed by atoms with Gasteiger partial charge in [-0.1, -0.05) is 12.1 Å². The summed E-state index contributed by atoms with van der Waals surface area (Å²) in [4.78, 5) is 14.6. The summed E-state index contributed by atoms with van der Waals surface area (Å²) >= 11 is 0. The Balaban J connectivity index is 1.42. The molecule has 2 aliphatic heterocycles. The summed E-state index contributed by atoms with van der Waals surface area (Å²) in [6.07, 6.45) is 4.21. The molecule has 1 amide bonds. The molecule has 2 fully saturated rings. The van der Waals surface area contributed by atoms with Gasteiger partial charge >= 0.3 is 0 Å². The third-order valence-corrected chi connectivity index (χ3v) is 4.58. The number of anilines is 1. The molecule has 2 N–H and O–H groups in total. The largest absolute Gasteiger partial charge is 0.378 e. The summed E-state index contributed by atoms with van der Waals surface area (Å²) in [6, 6.07) is 8.37. The first-order valence-electron chi connectivity index (χ1n) is 8.72. The predicted octanol–water partition coefficient (Wildman–Crippen LogP) is 1.64. The first-order chi connectivity index (χ1) is 11.3. The van der Waals surface area contributed by atoms with Gasteiger partial charge in [0.05, 0.1) is 13.2 Å². The highest BCUT2D eigenvalue weighted by Crippen LogP contribution is 2.13. The highest BCUT2D eigenvalue weighted by Gasteiger charge is 2.17. The van der Waals surface area contributed by atoms with Crippen LogP contribution in [-0.2, 0) is 16.0 Å². The highest BCUT2D eigenvalue weighted by atomic mass is 16.5.